The maximum absolute atomic E-state index is 5.94. The minimum atomic E-state index is 0.735. The van der Waals surface area contributed by atoms with Gasteiger partial charge in [-0.3, -0.25) is 0 Å². The molecule has 150 valence electrons. The Hall–Kier alpha value is -1.97. The van der Waals surface area contributed by atoms with Crippen molar-refractivity contribution >= 4 is 11.6 Å². The quantitative estimate of drug-likeness (QED) is 0.359. The second-order valence-corrected chi connectivity index (χ2v) is 9.39. The fourth-order valence-corrected chi connectivity index (χ4v) is 5.55. The highest BCUT2D eigenvalue weighted by Crippen LogP contribution is 2.48. The Bertz CT molecular complexity index is 865. The molecule has 1 heteroatoms. The van der Waals surface area contributed by atoms with E-state index in [1.165, 1.54) is 56.9 Å². The summed E-state index contributed by atoms with van der Waals surface area (Å²) in [7, 11) is 0. The molecule has 29 heavy (non-hydrogen) atoms. The zero-order valence-corrected chi connectivity index (χ0v) is 18.0. The summed E-state index contributed by atoms with van der Waals surface area (Å²) in [5.41, 5.74) is 3.59. The van der Waals surface area contributed by atoms with Crippen molar-refractivity contribution in [2.45, 2.75) is 57.3 Å². The smallest absolute Gasteiger partial charge is 0.0406 e. The number of hydrogen-bond donors (Lipinski definition) is 0. The molecule has 2 aliphatic carbocycles. The summed E-state index contributed by atoms with van der Waals surface area (Å²) in [5.74, 6) is 10.1. The van der Waals surface area contributed by atoms with Crippen LogP contribution in [0.4, 0.5) is 0 Å². The highest BCUT2D eigenvalue weighted by Gasteiger charge is 2.35. The van der Waals surface area contributed by atoms with Crippen LogP contribution in [0.5, 0.6) is 0 Å². The zero-order valence-electron chi connectivity index (χ0n) is 17.2. The van der Waals surface area contributed by atoms with Gasteiger partial charge in [-0.2, -0.15) is 0 Å². The average Bonchev–Trinajstić information content (AvgIpc) is 2.77. The molecule has 4 unspecified atom stereocenters. The van der Waals surface area contributed by atoms with Crippen molar-refractivity contribution in [3.8, 4) is 11.8 Å². The lowest BCUT2D eigenvalue weighted by Crippen LogP contribution is -2.30. The van der Waals surface area contributed by atoms with Crippen molar-refractivity contribution in [2.75, 3.05) is 0 Å². The molecule has 0 spiro atoms. The first-order chi connectivity index (χ1) is 14.2. The van der Waals surface area contributed by atoms with Crippen LogP contribution in [0.25, 0.3) is 0 Å². The van der Waals surface area contributed by atoms with Crippen LogP contribution in [0, 0.1) is 29.6 Å². The van der Waals surface area contributed by atoms with Crippen LogP contribution < -0.4 is 0 Å². The molecular weight excluding hydrogens is 372 g/mol. The molecule has 0 aromatic heterocycles. The molecule has 0 aliphatic heterocycles. The molecule has 4 atom stereocenters. The fourth-order valence-electron chi connectivity index (χ4n) is 5.42. The highest BCUT2D eigenvalue weighted by atomic mass is 35.5. The predicted octanol–water partition coefficient (Wildman–Crippen LogP) is 8.01. The monoisotopic (exact) mass is 402 g/mol. The topological polar surface area (TPSA) is 0 Å². The number of allylic oxidation sites excluding steroid dienone is 1. The molecule has 0 amide bonds. The van der Waals surface area contributed by atoms with E-state index in [-0.39, 0.29) is 0 Å². The molecule has 2 saturated carbocycles. The van der Waals surface area contributed by atoms with E-state index in [1.54, 1.807) is 0 Å². The van der Waals surface area contributed by atoms with Gasteiger partial charge >= 0.3 is 0 Å². The summed E-state index contributed by atoms with van der Waals surface area (Å²) >= 11 is 5.94. The van der Waals surface area contributed by atoms with Gasteiger partial charge in [-0.25, -0.2) is 0 Å². The van der Waals surface area contributed by atoms with Gasteiger partial charge in [-0.05, 0) is 111 Å². The molecule has 2 aliphatic rings. The van der Waals surface area contributed by atoms with Crippen LogP contribution in [0.1, 0.15) is 74.0 Å². The summed E-state index contributed by atoms with van der Waals surface area (Å²) in [6, 6.07) is 16.7. The Morgan fingerprint density at radius 2 is 1.45 bits per heavy atom. The van der Waals surface area contributed by atoms with Gasteiger partial charge in [0.2, 0.25) is 0 Å². The van der Waals surface area contributed by atoms with Crippen molar-refractivity contribution < 1.29 is 0 Å². The lowest BCUT2D eigenvalue weighted by atomic mass is 9.63. The molecule has 0 bridgehead atoms. The van der Waals surface area contributed by atoms with E-state index in [0.29, 0.717) is 0 Å². The minimum absolute atomic E-state index is 0.735. The van der Waals surface area contributed by atoms with Gasteiger partial charge < -0.3 is 0 Å². The first kappa shape index (κ1) is 20.3. The number of halogens is 1. The molecule has 2 aromatic rings. The predicted molar refractivity (Wildman–Crippen MR) is 124 cm³/mol. The number of benzene rings is 2. The molecule has 4 rings (SSSR count). The molecule has 0 heterocycles. The normalized spacial score (nSPS) is 26.1. The second-order valence-electron chi connectivity index (χ2n) is 8.95. The Morgan fingerprint density at radius 3 is 2.14 bits per heavy atom. The van der Waals surface area contributed by atoms with Gasteiger partial charge in [0.05, 0.1) is 0 Å². The van der Waals surface area contributed by atoms with E-state index in [9.17, 15) is 0 Å². The van der Waals surface area contributed by atoms with Gasteiger partial charge in [-0.1, -0.05) is 48.1 Å². The third-order valence-corrected chi connectivity index (χ3v) is 7.33. The third kappa shape index (κ3) is 5.34. The maximum atomic E-state index is 5.94. The van der Waals surface area contributed by atoms with Crippen LogP contribution in [-0.4, -0.2) is 0 Å². The SMILES string of the molecule is C=CCCC1CCC2CC(c3ccc(C#Cc4ccc(Cl)cc4)cc3)CCC2C1. The fraction of sp³-hybridized carbons (Fsp3) is 0.429. The molecule has 2 fully saturated rings. The molecular formula is C28H31Cl. The molecule has 0 nitrogen and oxygen atoms in total. The maximum Gasteiger partial charge on any atom is 0.0406 e. The number of fused-ring (bicyclic) bond motifs is 1. The number of rotatable bonds is 4. The molecule has 2 aromatic carbocycles. The van der Waals surface area contributed by atoms with Crippen molar-refractivity contribution in [1.82, 2.24) is 0 Å². The van der Waals surface area contributed by atoms with Crippen molar-refractivity contribution in [2.24, 2.45) is 17.8 Å². The van der Waals surface area contributed by atoms with E-state index in [0.717, 1.165) is 39.8 Å². The third-order valence-electron chi connectivity index (χ3n) is 7.08. The van der Waals surface area contributed by atoms with Gasteiger partial charge in [0.1, 0.15) is 0 Å². The summed E-state index contributed by atoms with van der Waals surface area (Å²) in [6.45, 7) is 3.89. The van der Waals surface area contributed by atoms with Crippen LogP contribution in [0.2, 0.25) is 5.02 Å². The van der Waals surface area contributed by atoms with Crippen LogP contribution in [0.3, 0.4) is 0 Å². The van der Waals surface area contributed by atoms with E-state index in [1.807, 2.05) is 24.3 Å². The minimum Gasteiger partial charge on any atom is -0.103 e. The zero-order chi connectivity index (χ0) is 20.1. The van der Waals surface area contributed by atoms with Crippen LogP contribution in [0.15, 0.2) is 61.2 Å². The van der Waals surface area contributed by atoms with E-state index >= 15 is 0 Å². The van der Waals surface area contributed by atoms with Crippen LogP contribution in [-0.2, 0) is 0 Å². The Kier molecular flexibility index (Phi) is 6.78. The number of hydrogen-bond acceptors (Lipinski definition) is 0. The lowest BCUT2D eigenvalue weighted by Gasteiger charge is -2.42. The summed E-state index contributed by atoms with van der Waals surface area (Å²) in [4.78, 5) is 0. The lowest BCUT2D eigenvalue weighted by molar-refractivity contribution is 0.115. The Morgan fingerprint density at radius 1 is 0.828 bits per heavy atom. The van der Waals surface area contributed by atoms with Gasteiger partial charge in [0, 0.05) is 16.1 Å². The van der Waals surface area contributed by atoms with E-state index in [4.69, 9.17) is 11.6 Å². The summed E-state index contributed by atoms with van der Waals surface area (Å²) in [6.07, 6.45) is 13.1. The van der Waals surface area contributed by atoms with Crippen molar-refractivity contribution in [3.05, 3.63) is 82.9 Å². The first-order valence-corrected chi connectivity index (χ1v) is 11.6. The molecule has 0 radical (unpaired) electrons. The highest BCUT2D eigenvalue weighted by molar-refractivity contribution is 6.30. The van der Waals surface area contributed by atoms with Crippen molar-refractivity contribution in [3.63, 3.8) is 0 Å². The standard InChI is InChI=1S/C28H31Cl/c1-2-3-4-23-9-14-27-20-26(16-15-25(27)19-23)24-12-7-21(8-13-24)5-6-22-10-17-28(29)18-11-22/h2,7-8,10-13,17-18,23,25-27H,1,3-4,9,14-16,19-20H2. The van der Waals surface area contributed by atoms with Gasteiger partial charge in [0.15, 0.2) is 0 Å². The van der Waals surface area contributed by atoms with Crippen LogP contribution >= 0.6 is 11.6 Å². The summed E-state index contributed by atoms with van der Waals surface area (Å²) < 4.78 is 0. The summed E-state index contributed by atoms with van der Waals surface area (Å²) in [5, 5.41) is 0.750. The second kappa shape index (κ2) is 9.69. The molecule has 0 N–H and O–H groups in total. The first-order valence-electron chi connectivity index (χ1n) is 11.2. The Balaban J connectivity index is 1.34. The largest absolute Gasteiger partial charge is 0.103 e. The van der Waals surface area contributed by atoms with E-state index in [2.05, 4.69) is 48.8 Å². The average molecular weight is 403 g/mol. The van der Waals surface area contributed by atoms with Crippen molar-refractivity contribution in [1.29, 1.82) is 0 Å². The van der Waals surface area contributed by atoms with E-state index < -0.39 is 0 Å². The molecule has 0 saturated heterocycles. The van der Waals surface area contributed by atoms with Gasteiger partial charge in [-0.15, -0.1) is 6.58 Å². The Labute approximate surface area is 181 Å². The van der Waals surface area contributed by atoms with Gasteiger partial charge in [0.25, 0.3) is 0 Å².